The van der Waals surface area contributed by atoms with Crippen molar-refractivity contribution < 1.29 is 4.74 Å². The van der Waals surface area contributed by atoms with Crippen molar-refractivity contribution in [3.8, 4) is 0 Å². The van der Waals surface area contributed by atoms with E-state index >= 15 is 0 Å². The highest BCUT2D eigenvalue weighted by Gasteiger charge is 2.29. The van der Waals surface area contributed by atoms with Crippen molar-refractivity contribution in [1.82, 2.24) is 19.1 Å². The van der Waals surface area contributed by atoms with Crippen molar-refractivity contribution in [1.29, 1.82) is 0 Å². The summed E-state index contributed by atoms with van der Waals surface area (Å²) in [5.74, 6) is 2.25. The average Bonchev–Trinajstić information content (AvgIpc) is 3.25. The van der Waals surface area contributed by atoms with Gasteiger partial charge in [0, 0.05) is 65.6 Å². The first-order chi connectivity index (χ1) is 14.0. The summed E-state index contributed by atoms with van der Waals surface area (Å²) in [7, 11) is 5.23. The van der Waals surface area contributed by atoms with E-state index in [4.69, 9.17) is 9.72 Å². The topological polar surface area (TPSA) is 88.7 Å². The van der Waals surface area contributed by atoms with Crippen LogP contribution < -0.4 is 25.9 Å². The smallest absolute Gasteiger partial charge is 0.332 e. The van der Waals surface area contributed by atoms with E-state index in [1.54, 1.807) is 13.2 Å². The van der Waals surface area contributed by atoms with E-state index in [0.29, 0.717) is 25.6 Å². The molecule has 0 radical (unpaired) electrons. The molecule has 0 saturated carbocycles. The summed E-state index contributed by atoms with van der Waals surface area (Å²) in [6.07, 6.45) is 2.71. The predicted octanol–water partition coefficient (Wildman–Crippen LogP) is -0.574. The van der Waals surface area contributed by atoms with Gasteiger partial charge in [-0.25, -0.2) is 9.78 Å². The molecule has 1 atom stereocenters. The zero-order chi connectivity index (χ0) is 20.5. The van der Waals surface area contributed by atoms with E-state index in [-0.39, 0.29) is 17.3 Å². The second kappa shape index (κ2) is 7.86. The summed E-state index contributed by atoms with van der Waals surface area (Å²) in [4.78, 5) is 39.9. The molecule has 0 bridgehead atoms. The number of nitrogens with zero attached hydrogens (tertiary/aromatic N) is 7. The van der Waals surface area contributed by atoms with Gasteiger partial charge in [-0.05, 0) is 12.5 Å². The van der Waals surface area contributed by atoms with Crippen LogP contribution in [0.4, 0.5) is 17.6 Å². The third-order valence-electron chi connectivity index (χ3n) is 5.82. The molecule has 2 fully saturated rings. The lowest BCUT2D eigenvalue weighted by atomic mass is 10.2. The van der Waals surface area contributed by atoms with Crippen LogP contribution in [0.5, 0.6) is 0 Å². The average molecular weight is 401 g/mol. The molecule has 0 spiro atoms. The highest BCUT2D eigenvalue weighted by molar-refractivity contribution is 5.47. The van der Waals surface area contributed by atoms with Gasteiger partial charge in [-0.2, -0.15) is 4.98 Å². The van der Waals surface area contributed by atoms with Crippen LogP contribution in [0.2, 0.25) is 0 Å². The van der Waals surface area contributed by atoms with Crippen LogP contribution >= 0.6 is 0 Å². The normalized spacial score (nSPS) is 19.6. The standard InChI is InChI=1S/C19H27N7O3/c1-22(15-4-6-20-18(21-15)25-8-10-29-11-9-25)14-5-7-26(13-14)16-12-17(27)24(3)19(28)23(16)2/h4,6,12,14H,5,7-11,13H2,1-3H3. The Morgan fingerprint density at radius 2 is 1.86 bits per heavy atom. The summed E-state index contributed by atoms with van der Waals surface area (Å²) in [5.41, 5.74) is -0.596. The molecule has 10 heteroatoms. The Morgan fingerprint density at radius 3 is 2.62 bits per heavy atom. The van der Waals surface area contributed by atoms with Crippen molar-refractivity contribution in [3.63, 3.8) is 0 Å². The highest BCUT2D eigenvalue weighted by Crippen LogP contribution is 2.24. The lowest BCUT2D eigenvalue weighted by Crippen LogP contribution is -2.41. The lowest BCUT2D eigenvalue weighted by Gasteiger charge is -2.29. The summed E-state index contributed by atoms with van der Waals surface area (Å²) in [6.45, 7) is 4.46. The van der Waals surface area contributed by atoms with Crippen molar-refractivity contribution in [2.24, 2.45) is 14.1 Å². The van der Waals surface area contributed by atoms with Crippen molar-refractivity contribution in [2.75, 3.05) is 61.1 Å². The monoisotopic (exact) mass is 401 g/mol. The van der Waals surface area contributed by atoms with Crippen molar-refractivity contribution >= 4 is 17.6 Å². The number of morpholine rings is 1. The Kier molecular flexibility index (Phi) is 5.27. The van der Waals surface area contributed by atoms with Gasteiger partial charge in [0.2, 0.25) is 5.95 Å². The molecule has 0 aromatic carbocycles. The van der Waals surface area contributed by atoms with Crippen molar-refractivity contribution in [3.05, 3.63) is 39.2 Å². The van der Waals surface area contributed by atoms with Crippen LogP contribution in [0.1, 0.15) is 6.42 Å². The Balaban J connectivity index is 1.51. The molecule has 1 unspecified atom stereocenters. The Hall–Kier alpha value is -2.88. The maximum atomic E-state index is 12.2. The Bertz CT molecular complexity index is 996. The van der Waals surface area contributed by atoms with E-state index in [9.17, 15) is 9.59 Å². The minimum atomic E-state index is -0.310. The van der Waals surface area contributed by atoms with E-state index in [0.717, 1.165) is 42.4 Å². The van der Waals surface area contributed by atoms with E-state index in [2.05, 4.69) is 19.7 Å². The maximum absolute atomic E-state index is 12.2. The fourth-order valence-corrected chi connectivity index (χ4v) is 3.93. The van der Waals surface area contributed by atoms with Crippen LogP contribution in [0, 0.1) is 0 Å². The number of hydrogen-bond acceptors (Lipinski definition) is 8. The SMILES string of the molecule is CN(c1ccnc(N2CCOCC2)n1)C1CCN(c2cc(=O)n(C)c(=O)n2C)C1. The van der Waals surface area contributed by atoms with E-state index in [1.165, 1.54) is 17.7 Å². The Labute approximate surface area is 169 Å². The molecule has 0 aliphatic carbocycles. The fourth-order valence-electron chi connectivity index (χ4n) is 3.93. The largest absolute Gasteiger partial charge is 0.378 e. The second-order valence-corrected chi connectivity index (χ2v) is 7.56. The third kappa shape index (κ3) is 3.71. The molecule has 2 aromatic heterocycles. The van der Waals surface area contributed by atoms with Gasteiger partial charge in [-0.3, -0.25) is 13.9 Å². The number of aromatic nitrogens is 4. The number of anilines is 3. The first kappa shape index (κ1) is 19.4. The van der Waals surface area contributed by atoms with Gasteiger partial charge in [-0.1, -0.05) is 0 Å². The molecule has 2 aromatic rings. The van der Waals surface area contributed by atoms with E-state index in [1.807, 2.05) is 13.1 Å². The Morgan fingerprint density at radius 1 is 1.10 bits per heavy atom. The number of hydrogen-bond donors (Lipinski definition) is 0. The molecule has 2 saturated heterocycles. The lowest BCUT2D eigenvalue weighted by molar-refractivity contribution is 0.122. The number of ether oxygens (including phenoxy) is 1. The van der Waals surface area contributed by atoms with Gasteiger partial charge < -0.3 is 19.4 Å². The molecule has 0 N–H and O–H groups in total. The molecular formula is C19H27N7O3. The summed E-state index contributed by atoms with van der Waals surface area (Å²) >= 11 is 0. The van der Waals surface area contributed by atoms with Gasteiger partial charge in [0.15, 0.2) is 0 Å². The van der Waals surface area contributed by atoms with Crippen LogP contribution in [0.25, 0.3) is 0 Å². The molecular weight excluding hydrogens is 374 g/mol. The molecule has 2 aliphatic heterocycles. The maximum Gasteiger partial charge on any atom is 0.332 e. The second-order valence-electron chi connectivity index (χ2n) is 7.56. The number of rotatable bonds is 4. The van der Waals surface area contributed by atoms with Crippen LogP contribution in [-0.2, 0) is 18.8 Å². The van der Waals surface area contributed by atoms with Crippen LogP contribution in [-0.4, -0.2) is 71.6 Å². The highest BCUT2D eigenvalue weighted by atomic mass is 16.5. The minimum Gasteiger partial charge on any atom is -0.378 e. The summed E-state index contributed by atoms with van der Waals surface area (Å²) in [5, 5.41) is 0. The molecule has 10 nitrogen and oxygen atoms in total. The van der Waals surface area contributed by atoms with Gasteiger partial charge in [-0.15, -0.1) is 0 Å². The minimum absolute atomic E-state index is 0.224. The molecule has 0 amide bonds. The first-order valence-corrected chi connectivity index (χ1v) is 9.86. The first-order valence-electron chi connectivity index (χ1n) is 9.86. The van der Waals surface area contributed by atoms with Gasteiger partial charge in [0.25, 0.3) is 5.56 Å². The van der Waals surface area contributed by atoms with Gasteiger partial charge >= 0.3 is 5.69 Å². The van der Waals surface area contributed by atoms with Gasteiger partial charge in [0.05, 0.1) is 13.2 Å². The van der Waals surface area contributed by atoms with E-state index < -0.39 is 0 Å². The third-order valence-corrected chi connectivity index (χ3v) is 5.82. The number of likely N-dealkylation sites (N-methyl/N-ethyl adjacent to an activating group) is 1. The summed E-state index contributed by atoms with van der Waals surface area (Å²) in [6, 6.07) is 3.67. The van der Waals surface area contributed by atoms with Crippen LogP contribution in [0.15, 0.2) is 27.9 Å². The zero-order valence-electron chi connectivity index (χ0n) is 17.1. The van der Waals surface area contributed by atoms with Gasteiger partial charge in [0.1, 0.15) is 11.6 Å². The summed E-state index contributed by atoms with van der Waals surface area (Å²) < 4.78 is 8.06. The zero-order valence-corrected chi connectivity index (χ0v) is 17.1. The van der Waals surface area contributed by atoms with Crippen LogP contribution in [0.3, 0.4) is 0 Å². The molecule has 4 heterocycles. The predicted molar refractivity (Wildman–Crippen MR) is 111 cm³/mol. The quantitative estimate of drug-likeness (QED) is 0.673. The van der Waals surface area contributed by atoms with Crippen molar-refractivity contribution in [2.45, 2.75) is 12.5 Å². The molecule has 4 rings (SSSR count). The molecule has 2 aliphatic rings. The molecule has 29 heavy (non-hydrogen) atoms. The fraction of sp³-hybridized carbons (Fsp3) is 0.579. The molecule has 156 valence electrons.